The van der Waals surface area contributed by atoms with Crippen LogP contribution < -0.4 is 9.47 Å². The van der Waals surface area contributed by atoms with Crippen molar-refractivity contribution >= 4 is 67.2 Å². The Morgan fingerprint density at radius 3 is 2.45 bits per heavy atom. The van der Waals surface area contributed by atoms with E-state index in [0.29, 0.717) is 44.2 Å². The van der Waals surface area contributed by atoms with Crippen LogP contribution in [-0.2, 0) is 12.2 Å². The van der Waals surface area contributed by atoms with Crippen molar-refractivity contribution in [2.75, 3.05) is 14.2 Å². The number of thiazole rings is 1. The second-order valence-electron chi connectivity index (χ2n) is 8.07. The van der Waals surface area contributed by atoms with Crippen molar-refractivity contribution in [1.29, 1.82) is 0 Å². The molecule has 0 unspecified atom stereocenters. The molecule has 0 radical (unpaired) electrons. The summed E-state index contributed by atoms with van der Waals surface area (Å²) in [7, 11) is 3.16. The van der Waals surface area contributed by atoms with Gasteiger partial charge in [-0.1, -0.05) is 68.3 Å². The Morgan fingerprint density at radius 2 is 1.74 bits per heavy atom. The Labute approximate surface area is 243 Å². The van der Waals surface area contributed by atoms with Gasteiger partial charge in [0.25, 0.3) is 0 Å². The van der Waals surface area contributed by atoms with Crippen LogP contribution in [0.25, 0.3) is 16.2 Å². The van der Waals surface area contributed by atoms with E-state index in [9.17, 15) is 8.78 Å². The number of rotatable bonds is 8. The van der Waals surface area contributed by atoms with Crippen LogP contribution in [0.4, 0.5) is 8.78 Å². The highest BCUT2D eigenvalue weighted by Gasteiger charge is 2.23. The first-order valence-corrected chi connectivity index (χ1v) is 14.4. The van der Waals surface area contributed by atoms with Crippen molar-refractivity contribution < 1.29 is 18.3 Å². The fourth-order valence-corrected chi connectivity index (χ4v) is 7.04. The summed E-state index contributed by atoms with van der Waals surface area (Å²) < 4.78 is 42.1. The monoisotopic (exact) mass is 655 g/mol. The molecular formula is C26H18BrCl2F2N3O2S2. The van der Waals surface area contributed by atoms with Gasteiger partial charge in [0, 0.05) is 37.7 Å². The molecule has 0 atom stereocenters. The SMILES string of the molecule is COc1cc(Br)c(Cc2sc3nnc(SCc4c(F)cccc4Cl)n3c2-c2ccc(F)c(Cl)c2)cc1OC. The van der Waals surface area contributed by atoms with Crippen LogP contribution in [0.15, 0.2) is 58.2 Å². The molecule has 38 heavy (non-hydrogen) atoms. The van der Waals surface area contributed by atoms with Gasteiger partial charge >= 0.3 is 0 Å². The summed E-state index contributed by atoms with van der Waals surface area (Å²) in [6.07, 6.45) is 0.503. The van der Waals surface area contributed by atoms with E-state index in [1.165, 1.54) is 35.2 Å². The molecule has 0 aliphatic rings. The van der Waals surface area contributed by atoms with E-state index >= 15 is 0 Å². The average Bonchev–Trinajstić information content (AvgIpc) is 3.45. The van der Waals surface area contributed by atoms with E-state index in [4.69, 9.17) is 32.7 Å². The minimum atomic E-state index is -0.515. The van der Waals surface area contributed by atoms with Crippen LogP contribution in [0.3, 0.4) is 0 Å². The highest BCUT2D eigenvalue weighted by molar-refractivity contribution is 9.10. The summed E-state index contributed by atoms with van der Waals surface area (Å²) in [4.78, 5) is 1.57. The predicted octanol–water partition coefficient (Wildman–Crippen LogP) is 8.71. The Morgan fingerprint density at radius 1 is 0.974 bits per heavy atom. The number of hydrogen-bond donors (Lipinski definition) is 0. The number of benzene rings is 3. The molecule has 0 fully saturated rings. The van der Waals surface area contributed by atoms with E-state index in [1.54, 1.807) is 38.5 Å². The predicted molar refractivity (Wildman–Crippen MR) is 152 cm³/mol. The molecule has 5 nitrogen and oxygen atoms in total. The zero-order chi connectivity index (χ0) is 27.0. The van der Waals surface area contributed by atoms with Crippen LogP contribution >= 0.6 is 62.2 Å². The minimum Gasteiger partial charge on any atom is -0.493 e. The smallest absolute Gasteiger partial charge is 0.217 e. The molecular weight excluding hydrogens is 639 g/mol. The lowest BCUT2D eigenvalue weighted by molar-refractivity contribution is 0.354. The van der Waals surface area contributed by atoms with Gasteiger partial charge in [0.15, 0.2) is 16.7 Å². The molecule has 3 aromatic carbocycles. The molecule has 0 spiro atoms. The molecule has 2 aromatic heterocycles. The molecule has 5 aromatic rings. The molecule has 0 bridgehead atoms. The second kappa shape index (κ2) is 11.4. The number of fused-ring (bicyclic) bond motifs is 1. The van der Waals surface area contributed by atoms with Crippen molar-refractivity contribution in [1.82, 2.24) is 14.6 Å². The summed E-state index contributed by atoms with van der Waals surface area (Å²) in [5, 5.41) is 9.59. The Hall–Kier alpha value is -2.37. The Balaban J connectivity index is 1.62. The van der Waals surface area contributed by atoms with E-state index in [0.717, 1.165) is 20.6 Å². The van der Waals surface area contributed by atoms with Gasteiger partial charge in [-0.25, -0.2) is 8.78 Å². The molecule has 12 heteroatoms. The quantitative estimate of drug-likeness (QED) is 0.156. The fraction of sp³-hybridized carbons (Fsp3) is 0.154. The van der Waals surface area contributed by atoms with Gasteiger partial charge < -0.3 is 9.47 Å². The number of hydrogen-bond acceptors (Lipinski definition) is 6. The third kappa shape index (κ3) is 5.24. The summed E-state index contributed by atoms with van der Waals surface area (Å²) >= 11 is 18.8. The third-order valence-corrected chi connectivity index (χ3v) is 9.18. The third-order valence-electron chi connectivity index (χ3n) is 5.81. The van der Waals surface area contributed by atoms with E-state index in [2.05, 4.69) is 26.1 Å². The summed E-state index contributed by atoms with van der Waals surface area (Å²) in [5.41, 5.74) is 2.79. The number of aromatic nitrogens is 3. The second-order valence-corrected chi connectivity index (χ2v) is 11.7. The maximum Gasteiger partial charge on any atom is 0.217 e. The molecule has 196 valence electrons. The first-order valence-electron chi connectivity index (χ1n) is 11.1. The van der Waals surface area contributed by atoms with Crippen LogP contribution in [0.1, 0.15) is 16.0 Å². The number of methoxy groups -OCH3 is 2. The van der Waals surface area contributed by atoms with Gasteiger partial charge in [-0.3, -0.25) is 4.40 Å². The molecule has 0 saturated heterocycles. The van der Waals surface area contributed by atoms with Gasteiger partial charge in [0.2, 0.25) is 4.96 Å². The normalized spacial score (nSPS) is 11.3. The van der Waals surface area contributed by atoms with E-state index in [1.807, 2.05) is 16.5 Å². The maximum atomic E-state index is 14.4. The van der Waals surface area contributed by atoms with Crippen LogP contribution in [0, 0.1) is 11.6 Å². The average molecular weight is 657 g/mol. The van der Waals surface area contributed by atoms with Crippen LogP contribution in [0.5, 0.6) is 11.5 Å². The minimum absolute atomic E-state index is 0.000475. The number of thioether (sulfide) groups is 1. The number of nitrogens with zero attached hydrogens (tertiary/aromatic N) is 3. The topological polar surface area (TPSA) is 48.7 Å². The lowest BCUT2D eigenvalue weighted by Gasteiger charge is -2.13. The van der Waals surface area contributed by atoms with Crippen molar-refractivity contribution in [2.24, 2.45) is 0 Å². The highest BCUT2D eigenvalue weighted by Crippen LogP contribution is 2.41. The van der Waals surface area contributed by atoms with Gasteiger partial charge in [0.1, 0.15) is 11.6 Å². The Kier molecular flexibility index (Phi) is 8.16. The highest BCUT2D eigenvalue weighted by atomic mass is 79.9. The lowest BCUT2D eigenvalue weighted by Crippen LogP contribution is -1.98. The van der Waals surface area contributed by atoms with E-state index in [-0.39, 0.29) is 16.6 Å². The molecule has 5 rings (SSSR count). The van der Waals surface area contributed by atoms with Crippen molar-refractivity contribution in [3.63, 3.8) is 0 Å². The summed E-state index contributed by atoms with van der Waals surface area (Å²) in [5.74, 6) is 0.546. The van der Waals surface area contributed by atoms with Gasteiger partial charge in [-0.05, 0) is 48.0 Å². The molecule has 2 heterocycles. The zero-order valence-electron chi connectivity index (χ0n) is 19.9. The summed E-state index contributed by atoms with van der Waals surface area (Å²) in [6.45, 7) is 0. The van der Waals surface area contributed by atoms with Gasteiger partial charge in [0.05, 0.1) is 24.9 Å². The summed E-state index contributed by atoms with van der Waals surface area (Å²) in [6, 6.07) is 12.9. The zero-order valence-corrected chi connectivity index (χ0v) is 24.6. The van der Waals surface area contributed by atoms with E-state index < -0.39 is 5.82 Å². The van der Waals surface area contributed by atoms with Crippen molar-refractivity contribution in [3.05, 3.63) is 90.7 Å². The standard InChI is InChI=1S/C26H18BrCl2F2N3O2S2/c1-35-21-9-14(16(27)11-22(21)36-2)10-23-24(13-6-7-20(31)18(29)8-13)34-25(32-33-26(34)38-23)37-12-15-17(28)4-3-5-19(15)30/h3-9,11H,10,12H2,1-2H3. The van der Waals surface area contributed by atoms with Crippen molar-refractivity contribution in [2.45, 2.75) is 17.3 Å². The largest absolute Gasteiger partial charge is 0.493 e. The van der Waals surface area contributed by atoms with Gasteiger partial charge in [-0.15, -0.1) is 10.2 Å². The molecule has 0 aliphatic carbocycles. The lowest BCUT2D eigenvalue weighted by atomic mass is 10.1. The Bertz CT molecular complexity index is 1640. The number of halogens is 5. The first kappa shape index (κ1) is 27.2. The van der Waals surface area contributed by atoms with Crippen molar-refractivity contribution in [3.8, 4) is 22.8 Å². The molecule has 0 aliphatic heterocycles. The maximum absolute atomic E-state index is 14.4. The fourth-order valence-electron chi connectivity index (χ4n) is 3.96. The van der Waals surface area contributed by atoms with Crippen LogP contribution in [-0.4, -0.2) is 28.8 Å². The van der Waals surface area contributed by atoms with Gasteiger partial charge in [-0.2, -0.15) is 0 Å². The molecule has 0 amide bonds. The first-order chi connectivity index (χ1) is 18.3. The molecule has 0 saturated carbocycles. The molecule has 0 N–H and O–H groups in total. The van der Waals surface area contributed by atoms with Crippen LogP contribution in [0.2, 0.25) is 10.0 Å². The number of ether oxygens (including phenoxy) is 2.